The summed E-state index contributed by atoms with van der Waals surface area (Å²) in [6.45, 7) is 0. The van der Waals surface area contributed by atoms with E-state index in [1.54, 1.807) is 12.3 Å². The quantitative estimate of drug-likeness (QED) is 0.663. The maximum atomic E-state index is 14.2. The van der Waals surface area contributed by atoms with Gasteiger partial charge in [0.15, 0.2) is 11.6 Å². The molecule has 18 heavy (non-hydrogen) atoms. The fraction of sp³-hybridized carbons (Fsp3) is 0.0769. The summed E-state index contributed by atoms with van der Waals surface area (Å²) in [5, 5.41) is 5.11. The number of aromatic nitrogens is 3. The first-order valence-corrected chi connectivity index (χ1v) is 5.97. The third-order valence-corrected chi connectivity index (χ3v) is 3.06. The van der Waals surface area contributed by atoms with Crippen LogP contribution in [0.25, 0.3) is 16.7 Å². The summed E-state index contributed by atoms with van der Waals surface area (Å²) < 4.78 is 15.6. The number of benzene rings is 1. The molecule has 0 aliphatic carbocycles. The number of fused-ring (bicyclic) bond motifs is 1. The van der Waals surface area contributed by atoms with Crippen molar-refractivity contribution in [1.82, 2.24) is 14.8 Å². The third-order valence-electron chi connectivity index (χ3n) is 2.77. The Morgan fingerprint density at radius 2 is 2.06 bits per heavy atom. The molecule has 1 aromatic carbocycles. The van der Waals surface area contributed by atoms with Gasteiger partial charge in [0, 0.05) is 17.1 Å². The first-order valence-electron chi connectivity index (χ1n) is 5.44. The highest BCUT2D eigenvalue weighted by Gasteiger charge is 2.13. The van der Waals surface area contributed by atoms with E-state index < -0.39 is 5.82 Å². The molecule has 3 nitrogen and oxygen atoms in total. The zero-order valence-electron chi connectivity index (χ0n) is 9.35. The Balaban J connectivity index is 2.26. The molecule has 0 aliphatic rings. The maximum Gasteiger partial charge on any atom is 0.190 e. The molecule has 0 aliphatic heterocycles. The SMILES string of the molecule is Fc1c(CCl)ccnc1-n1ncc2ccccc21. The molecule has 2 aromatic heterocycles. The van der Waals surface area contributed by atoms with Gasteiger partial charge in [0.1, 0.15) is 0 Å². The van der Waals surface area contributed by atoms with Crippen molar-refractivity contribution in [3.63, 3.8) is 0 Å². The molecule has 0 atom stereocenters. The van der Waals surface area contributed by atoms with E-state index in [1.165, 1.54) is 10.9 Å². The minimum absolute atomic E-state index is 0.112. The molecule has 0 saturated heterocycles. The largest absolute Gasteiger partial charge is 0.235 e. The van der Waals surface area contributed by atoms with Crippen LogP contribution in [0.5, 0.6) is 0 Å². The topological polar surface area (TPSA) is 30.7 Å². The standard InChI is InChI=1S/C13H9ClFN3/c14-7-9-5-6-16-13(12(9)15)18-11-4-2-1-3-10(11)8-17-18/h1-6,8H,7H2. The van der Waals surface area contributed by atoms with Crippen molar-refractivity contribution in [1.29, 1.82) is 0 Å². The van der Waals surface area contributed by atoms with Gasteiger partial charge in [-0.25, -0.2) is 14.1 Å². The highest BCUT2D eigenvalue weighted by molar-refractivity contribution is 6.17. The molecule has 0 fully saturated rings. The summed E-state index contributed by atoms with van der Waals surface area (Å²) in [5.74, 6) is -0.142. The zero-order chi connectivity index (χ0) is 12.5. The van der Waals surface area contributed by atoms with Crippen molar-refractivity contribution in [3.05, 3.63) is 54.1 Å². The van der Waals surface area contributed by atoms with Gasteiger partial charge in [0.05, 0.1) is 17.6 Å². The number of hydrogen-bond acceptors (Lipinski definition) is 2. The molecule has 5 heteroatoms. The maximum absolute atomic E-state index is 14.2. The van der Waals surface area contributed by atoms with E-state index in [9.17, 15) is 4.39 Å². The third kappa shape index (κ3) is 1.66. The number of para-hydroxylation sites is 1. The number of hydrogen-bond donors (Lipinski definition) is 0. The molecule has 0 unspecified atom stereocenters. The number of rotatable bonds is 2. The van der Waals surface area contributed by atoms with Crippen LogP contribution in [0.15, 0.2) is 42.7 Å². The van der Waals surface area contributed by atoms with E-state index in [4.69, 9.17) is 11.6 Å². The van der Waals surface area contributed by atoms with Crippen LogP contribution in [0, 0.1) is 5.82 Å². The van der Waals surface area contributed by atoms with Crippen molar-refractivity contribution < 1.29 is 4.39 Å². The Labute approximate surface area is 108 Å². The second-order valence-electron chi connectivity index (χ2n) is 3.86. The smallest absolute Gasteiger partial charge is 0.190 e. The van der Waals surface area contributed by atoms with E-state index in [2.05, 4.69) is 10.1 Å². The minimum atomic E-state index is -0.429. The van der Waals surface area contributed by atoms with Crippen LogP contribution < -0.4 is 0 Å². The molecule has 0 amide bonds. The van der Waals surface area contributed by atoms with Gasteiger partial charge >= 0.3 is 0 Å². The number of halogens is 2. The average molecular weight is 262 g/mol. The van der Waals surface area contributed by atoms with Gasteiger partial charge in [-0.1, -0.05) is 18.2 Å². The zero-order valence-corrected chi connectivity index (χ0v) is 10.1. The summed E-state index contributed by atoms with van der Waals surface area (Å²) in [6.07, 6.45) is 3.22. The fourth-order valence-corrected chi connectivity index (χ4v) is 2.07. The Morgan fingerprint density at radius 1 is 1.22 bits per heavy atom. The van der Waals surface area contributed by atoms with Crippen molar-refractivity contribution >= 4 is 22.5 Å². The number of nitrogens with zero attached hydrogens (tertiary/aromatic N) is 3. The summed E-state index contributed by atoms with van der Waals surface area (Å²) >= 11 is 5.69. The van der Waals surface area contributed by atoms with Crippen LogP contribution in [0.1, 0.15) is 5.56 Å². The Bertz CT molecular complexity index is 708. The molecule has 2 heterocycles. The lowest BCUT2D eigenvalue weighted by Crippen LogP contribution is -2.04. The van der Waals surface area contributed by atoms with Crippen molar-refractivity contribution in [2.24, 2.45) is 0 Å². The molecule has 0 radical (unpaired) electrons. The monoisotopic (exact) mass is 261 g/mol. The molecule has 0 spiro atoms. The molecule has 0 N–H and O–H groups in total. The van der Waals surface area contributed by atoms with Crippen LogP contribution in [-0.4, -0.2) is 14.8 Å². The van der Waals surface area contributed by atoms with Crippen molar-refractivity contribution in [2.75, 3.05) is 0 Å². The lowest BCUT2D eigenvalue weighted by Gasteiger charge is -2.06. The van der Waals surface area contributed by atoms with Gasteiger partial charge in [0.2, 0.25) is 0 Å². The van der Waals surface area contributed by atoms with Crippen LogP contribution >= 0.6 is 11.6 Å². The first-order chi connectivity index (χ1) is 8.81. The van der Waals surface area contributed by atoms with Crippen LogP contribution in [0.2, 0.25) is 0 Å². The van der Waals surface area contributed by atoms with E-state index in [0.717, 1.165) is 10.9 Å². The minimum Gasteiger partial charge on any atom is -0.235 e. The molecule has 90 valence electrons. The molecular weight excluding hydrogens is 253 g/mol. The second-order valence-corrected chi connectivity index (χ2v) is 4.12. The second kappa shape index (κ2) is 4.38. The Morgan fingerprint density at radius 3 is 2.89 bits per heavy atom. The molecule has 3 rings (SSSR count). The van der Waals surface area contributed by atoms with E-state index in [-0.39, 0.29) is 11.7 Å². The van der Waals surface area contributed by atoms with Gasteiger partial charge in [-0.05, 0) is 12.1 Å². The molecule has 0 saturated carbocycles. The summed E-state index contributed by atoms with van der Waals surface area (Å²) in [5.41, 5.74) is 1.23. The molecular formula is C13H9ClFN3. The Kier molecular flexibility index (Phi) is 2.72. The van der Waals surface area contributed by atoms with Gasteiger partial charge in [-0.3, -0.25) is 0 Å². The van der Waals surface area contributed by atoms with E-state index >= 15 is 0 Å². The summed E-state index contributed by atoms with van der Waals surface area (Å²) in [7, 11) is 0. The predicted octanol–water partition coefficient (Wildman–Crippen LogP) is 3.30. The van der Waals surface area contributed by atoms with Crippen molar-refractivity contribution in [3.8, 4) is 5.82 Å². The molecule has 0 bridgehead atoms. The predicted molar refractivity (Wildman–Crippen MR) is 68.4 cm³/mol. The number of pyridine rings is 1. The van der Waals surface area contributed by atoms with Gasteiger partial charge < -0.3 is 0 Å². The summed E-state index contributed by atoms with van der Waals surface area (Å²) in [4.78, 5) is 4.05. The van der Waals surface area contributed by atoms with Gasteiger partial charge in [-0.2, -0.15) is 5.10 Å². The lowest BCUT2D eigenvalue weighted by molar-refractivity contribution is 0.593. The lowest BCUT2D eigenvalue weighted by atomic mass is 10.2. The van der Waals surface area contributed by atoms with E-state index in [0.29, 0.717) is 5.56 Å². The van der Waals surface area contributed by atoms with Gasteiger partial charge in [-0.15, -0.1) is 11.6 Å². The normalized spacial score (nSPS) is 11.0. The first kappa shape index (κ1) is 11.2. The van der Waals surface area contributed by atoms with E-state index in [1.807, 2.05) is 24.3 Å². The highest BCUT2D eigenvalue weighted by Crippen LogP contribution is 2.20. The van der Waals surface area contributed by atoms with Gasteiger partial charge in [0.25, 0.3) is 0 Å². The van der Waals surface area contributed by atoms with Crippen LogP contribution in [0.3, 0.4) is 0 Å². The highest BCUT2D eigenvalue weighted by atomic mass is 35.5. The Hall–Kier alpha value is -1.94. The van der Waals surface area contributed by atoms with Crippen molar-refractivity contribution in [2.45, 2.75) is 5.88 Å². The fourth-order valence-electron chi connectivity index (χ4n) is 1.86. The summed E-state index contributed by atoms with van der Waals surface area (Å²) in [6, 6.07) is 9.15. The van der Waals surface area contributed by atoms with Crippen LogP contribution in [0.4, 0.5) is 4.39 Å². The van der Waals surface area contributed by atoms with Crippen LogP contribution in [-0.2, 0) is 5.88 Å². The molecule has 3 aromatic rings. The average Bonchev–Trinajstić information content (AvgIpc) is 2.83. The number of alkyl halides is 1.